The van der Waals surface area contributed by atoms with Gasteiger partial charge in [0.1, 0.15) is 0 Å². The maximum absolute atomic E-state index is 2.71. The molecule has 0 aromatic rings. The molecule has 0 nitrogen and oxygen atoms in total. The first kappa shape index (κ1) is 26.5. The van der Waals surface area contributed by atoms with Crippen molar-refractivity contribution in [3.63, 3.8) is 0 Å². The van der Waals surface area contributed by atoms with Gasteiger partial charge in [-0.25, -0.2) is 0 Å². The first-order chi connectivity index (χ1) is 16.7. The summed E-state index contributed by atoms with van der Waals surface area (Å²) in [5.74, 6) is 7.70. The van der Waals surface area contributed by atoms with Gasteiger partial charge in [0, 0.05) is 0 Å². The summed E-state index contributed by atoms with van der Waals surface area (Å²) in [6.45, 7) is 4.69. The predicted octanol–water partition coefficient (Wildman–Crippen LogP) is 10.9. The molecule has 3 saturated carbocycles. The van der Waals surface area contributed by atoms with Gasteiger partial charge in [0.05, 0.1) is 0 Å². The van der Waals surface area contributed by atoms with Crippen molar-refractivity contribution in [2.45, 2.75) is 142 Å². The number of unbranched alkanes of at least 4 members (excludes halogenated alkanes) is 2. The quantitative estimate of drug-likeness (QED) is 0.222. The topological polar surface area (TPSA) is 0 Å². The van der Waals surface area contributed by atoms with Crippen LogP contribution < -0.4 is 0 Å². The van der Waals surface area contributed by atoms with E-state index in [1.54, 1.807) is 0 Å². The smallest absolute Gasteiger partial charge is 0.0205 e. The van der Waals surface area contributed by atoms with Crippen LogP contribution in [0, 0.1) is 47.3 Å². The van der Waals surface area contributed by atoms with Crippen molar-refractivity contribution in [2.24, 2.45) is 47.3 Å². The molecule has 0 spiro atoms. The standard InChI is InChI=1S/C34H58/c1-3-5-6-8-28-15-19-31(20-16-28)33-23-25-34(26-24-33)32-21-17-30(18-22-32)14-13-29-11-9-27(7-4-2)10-12-29/h13-14,23,25,27-34H,3-12,15-22,24,26H2,1-2H3/b14-13+. The van der Waals surface area contributed by atoms with E-state index in [-0.39, 0.29) is 0 Å². The van der Waals surface area contributed by atoms with Crippen LogP contribution in [-0.4, -0.2) is 0 Å². The van der Waals surface area contributed by atoms with E-state index >= 15 is 0 Å². The minimum absolute atomic E-state index is 0.887. The van der Waals surface area contributed by atoms with Crippen LogP contribution >= 0.6 is 0 Å². The Morgan fingerprint density at radius 2 is 0.971 bits per heavy atom. The Hall–Kier alpha value is -0.520. The fourth-order valence-corrected chi connectivity index (χ4v) is 8.39. The predicted molar refractivity (Wildman–Crippen MR) is 150 cm³/mol. The van der Waals surface area contributed by atoms with E-state index in [9.17, 15) is 0 Å². The second-order valence-electron chi connectivity index (χ2n) is 13.2. The molecule has 4 rings (SSSR count). The molecule has 3 fully saturated rings. The summed E-state index contributed by atoms with van der Waals surface area (Å²) in [6, 6.07) is 0. The third-order valence-corrected chi connectivity index (χ3v) is 10.8. The van der Waals surface area contributed by atoms with E-state index < -0.39 is 0 Å². The average Bonchev–Trinajstić information content (AvgIpc) is 2.89. The molecule has 0 radical (unpaired) electrons. The Kier molecular flexibility index (Phi) is 11.1. The van der Waals surface area contributed by atoms with Gasteiger partial charge in [-0.15, -0.1) is 0 Å². The van der Waals surface area contributed by atoms with Gasteiger partial charge in [-0.2, -0.15) is 0 Å². The first-order valence-electron chi connectivity index (χ1n) is 16.1. The van der Waals surface area contributed by atoms with E-state index in [4.69, 9.17) is 0 Å². The molecule has 194 valence electrons. The van der Waals surface area contributed by atoms with Crippen molar-refractivity contribution in [1.29, 1.82) is 0 Å². The zero-order chi connectivity index (χ0) is 23.6. The SMILES string of the molecule is CCCCCC1CCC(C2C=CC(C3CCC(/C=C/C4CCC(CCC)CC4)CC3)CC2)CC1. The fourth-order valence-electron chi connectivity index (χ4n) is 8.39. The van der Waals surface area contributed by atoms with Gasteiger partial charge in [-0.05, 0) is 124 Å². The van der Waals surface area contributed by atoms with Crippen molar-refractivity contribution >= 4 is 0 Å². The molecule has 0 heteroatoms. The molecule has 4 aliphatic rings. The minimum atomic E-state index is 0.887. The summed E-state index contributed by atoms with van der Waals surface area (Å²) >= 11 is 0. The van der Waals surface area contributed by atoms with Gasteiger partial charge in [0.2, 0.25) is 0 Å². The Morgan fingerprint density at radius 3 is 1.47 bits per heavy atom. The normalized spacial score (nSPS) is 39.5. The number of rotatable bonds is 10. The van der Waals surface area contributed by atoms with Crippen molar-refractivity contribution in [1.82, 2.24) is 0 Å². The van der Waals surface area contributed by atoms with Gasteiger partial charge in [0.15, 0.2) is 0 Å². The lowest BCUT2D eigenvalue weighted by atomic mass is 9.67. The molecular weight excluding hydrogens is 408 g/mol. The van der Waals surface area contributed by atoms with E-state index in [2.05, 4.69) is 38.2 Å². The monoisotopic (exact) mass is 466 g/mol. The molecule has 2 atom stereocenters. The molecule has 4 aliphatic carbocycles. The van der Waals surface area contributed by atoms with Crippen molar-refractivity contribution in [3.8, 4) is 0 Å². The molecule has 0 saturated heterocycles. The van der Waals surface area contributed by atoms with Crippen LogP contribution in [0.3, 0.4) is 0 Å². The highest BCUT2D eigenvalue weighted by Gasteiger charge is 2.31. The van der Waals surface area contributed by atoms with Gasteiger partial charge in [0.25, 0.3) is 0 Å². The lowest BCUT2D eigenvalue weighted by molar-refractivity contribution is 0.184. The van der Waals surface area contributed by atoms with Crippen molar-refractivity contribution in [2.75, 3.05) is 0 Å². The van der Waals surface area contributed by atoms with Gasteiger partial charge in [-0.3, -0.25) is 0 Å². The molecule has 0 aliphatic heterocycles. The number of allylic oxidation sites excluding steroid dienone is 4. The highest BCUT2D eigenvalue weighted by molar-refractivity contribution is 5.04. The average molecular weight is 467 g/mol. The lowest BCUT2D eigenvalue weighted by Gasteiger charge is -2.38. The maximum atomic E-state index is 2.71. The molecule has 0 heterocycles. The summed E-state index contributed by atoms with van der Waals surface area (Å²) in [5, 5.41) is 0. The van der Waals surface area contributed by atoms with Crippen LogP contribution in [0.25, 0.3) is 0 Å². The van der Waals surface area contributed by atoms with Crippen LogP contribution in [0.15, 0.2) is 24.3 Å². The minimum Gasteiger partial charge on any atom is -0.0851 e. The summed E-state index contributed by atoms with van der Waals surface area (Å²) in [7, 11) is 0. The summed E-state index contributed by atoms with van der Waals surface area (Å²) in [5.41, 5.74) is 0. The van der Waals surface area contributed by atoms with Gasteiger partial charge < -0.3 is 0 Å². The molecule has 0 amide bonds. The van der Waals surface area contributed by atoms with E-state index in [0.29, 0.717) is 0 Å². The molecule has 0 bridgehead atoms. The lowest BCUT2D eigenvalue weighted by Crippen LogP contribution is -2.26. The van der Waals surface area contributed by atoms with Crippen molar-refractivity contribution < 1.29 is 0 Å². The van der Waals surface area contributed by atoms with Crippen molar-refractivity contribution in [3.05, 3.63) is 24.3 Å². The largest absolute Gasteiger partial charge is 0.0851 e. The molecule has 0 aromatic carbocycles. The van der Waals surface area contributed by atoms with Crippen LogP contribution in [0.1, 0.15) is 142 Å². The first-order valence-corrected chi connectivity index (χ1v) is 16.1. The Labute approximate surface area is 213 Å². The van der Waals surface area contributed by atoms with Gasteiger partial charge >= 0.3 is 0 Å². The number of hydrogen-bond acceptors (Lipinski definition) is 0. The van der Waals surface area contributed by atoms with E-state index in [0.717, 1.165) is 47.3 Å². The zero-order valence-corrected chi connectivity index (χ0v) is 23.1. The molecule has 2 unspecified atom stereocenters. The molecule has 34 heavy (non-hydrogen) atoms. The fraction of sp³-hybridized carbons (Fsp3) is 0.882. The van der Waals surface area contributed by atoms with Gasteiger partial charge in [-0.1, -0.05) is 89.5 Å². The zero-order valence-electron chi connectivity index (χ0n) is 23.1. The van der Waals surface area contributed by atoms with Crippen LogP contribution in [0.2, 0.25) is 0 Å². The summed E-state index contributed by atoms with van der Waals surface area (Å²) in [4.78, 5) is 0. The summed E-state index contributed by atoms with van der Waals surface area (Å²) in [6.07, 6.45) is 40.3. The van der Waals surface area contributed by atoms with Crippen LogP contribution in [0.5, 0.6) is 0 Å². The Bertz CT molecular complexity index is 590. The van der Waals surface area contributed by atoms with E-state index in [1.165, 1.54) is 128 Å². The second kappa shape index (κ2) is 14.3. The third-order valence-electron chi connectivity index (χ3n) is 10.8. The summed E-state index contributed by atoms with van der Waals surface area (Å²) < 4.78 is 0. The Morgan fingerprint density at radius 1 is 0.500 bits per heavy atom. The molecule has 0 N–H and O–H groups in total. The van der Waals surface area contributed by atoms with Crippen LogP contribution in [0.4, 0.5) is 0 Å². The van der Waals surface area contributed by atoms with E-state index in [1.807, 2.05) is 0 Å². The highest BCUT2D eigenvalue weighted by Crippen LogP contribution is 2.44. The second-order valence-corrected chi connectivity index (χ2v) is 13.2. The molecule has 0 aromatic heterocycles. The van der Waals surface area contributed by atoms with Crippen LogP contribution in [-0.2, 0) is 0 Å². The molecular formula is C34H58. The number of hydrogen-bond donors (Lipinski definition) is 0. The maximum Gasteiger partial charge on any atom is -0.0205 e. The Balaban J connectivity index is 1.12. The highest BCUT2D eigenvalue weighted by atomic mass is 14.4. The third kappa shape index (κ3) is 8.00.